The highest BCUT2D eigenvalue weighted by Crippen LogP contribution is 2.12. The van der Waals surface area contributed by atoms with E-state index in [0.717, 1.165) is 30.8 Å². The van der Waals surface area contributed by atoms with Gasteiger partial charge in [0.15, 0.2) is 0 Å². The first-order chi connectivity index (χ1) is 9.54. The molecule has 4 heteroatoms. The fraction of sp³-hybridized carbons (Fsp3) is 0.562. The Morgan fingerprint density at radius 3 is 2.70 bits per heavy atom. The van der Waals surface area contributed by atoms with Crippen LogP contribution >= 0.6 is 0 Å². The van der Waals surface area contributed by atoms with Crippen LogP contribution in [-0.2, 0) is 4.79 Å². The van der Waals surface area contributed by atoms with Gasteiger partial charge >= 0.3 is 0 Å². The number of amides is 1. The third kappa shape index (κ3) is 5.72. The smallest absolute Gasteiger partial charge is 0.238 e. The van der Waals surface area contributed by atoms with Crippen molar-refractivity contribution in [3.05, 3.63) is 29.8 Å². The quantitative estimate of drug-likeness (QED) is 0.716. The first-order valence-electron chi connectivity index (χ1n) is 7.31. The number of rotatable bonds is 8. The van der Waals surface area contributed by atoms with Crippen molar-refractivity contribution in [1.82, 2.24) is 10.2 Å². The van der Waals surface area contributed by atoms with Gasteiger partial charge < -0.3 is 15.5 Å². The lowest BCUT2D eigenvalue weighted by atomic mass is 10.2. The van der Waals surface area contributed by atoms with Gasteiger partial charge in [0, 0.05) is 24.8 Å². The van der Waals surface area contributed by atoms with Gasteiger partial charge in [-0.1, -0.05) is 25.1 Å². The van der Waals surface area contributed by atoms with E-state index in [2.05, 4.69) is 36.4 Å². The molecular formula is C16H27N3O. The molecule has 1 atom stereocenters. The van der Waals surface area contributed by atoms with Gasteiger partial charge in [0.25, 0.3) is 0 Å². The Morgan fingerprint density at radius 1 is 1.35 bits per heavy atom. The lowest BCUT2D eigenvalue weighted by molar-refractivity contribution is -0.115. The molecule has 20 heavy (non-hydrogen) atoms. The molecular weight excluding hydrogens is 250 g/mol. The van der Waals surface area contributed by atoms with Crippen molar-refractivity contribution in [1.29, 1.82) is 0 Å². The summed E-state index contributed by atoms with van der Waals surface area (Å²) < 4.78 is 0. The highest BCUT2D eigenvalue weighted by molar-refractivity contribution is 5.92. The van der Waals surface area contributed by atoms with Gasteiger partial charge in [-0.3, -0.25) is 4.79 Å². The summed E-state index contributed by atoms with van der Waals surface area (Å²) in [6.45, 7) is 8.51. The molecule has 0 spiro atoms. The van der Waals surface area contributed by atoms with Crippen molar-refractivity contribution < 1.29 is 4.79 Å². The van der Waals surface area contributed by atoms with E-state index in [9.17, 15) is 4.79 Å². The standard InChI is InChI=1S/C16H27N3O/c1-5-14(3)19(4)11-10-17-12-16(20)18-15-9-7-6-8-13(15)2/h6-9,14,17H,5,10-12H2,1-4H3,(H,18,20). The van der Waals surface area contributed by atoms with Crippen molar-refractivity contribution >= 4 is 11.6 Å². The first kappa shape index (κ1) is 16.7. The molecule has 1 rings (SSSR count). The molecule has 0 bridgehead atoms. The zero-order valence-electron chi connectivity index (χ0n) is 13.1. The molecule has 0 aliphatic carbocycles. The molecule has 0 saturated heterocycles. The van der Waals surface area contributed by atoms with Gasteiger partial charge in [0.2, 0.25) is 5.91 Å². The summed E-state index contributed by atoms with van der Waals surface area (Å²) in [5, 5.41) is 6.10. The van der Waals surface area contributed by atoms with Crippen molar-refractivity contribution in [3.8, 4) is 0 Å². The molecule has 4 nitrogen and oxygen atoms in total. The van der Waals surface area contributed by atoms with Crippen molar-refractivity contribution in [2.75, 3.05) is 32.0 Å². The topological polar surface area (TPSA) is 44.4 Å². The molecule has 2 N–H and O–H groups in total. The summed E-state index contributed by atoms with van der Waals surface area (Å²) in [7, 11) is 2.11. The number of likely N-dealkylation sites (N-methyl/N-ethyl adjacent to an activating group) is 1. The van der Waals surface area contributed by atoms with Gasteiger partial charge in [-0.05, 0) is 38.9 Å². The Bertz CT molecular complexity index is 420. The van der Waals surface area contributed by atoms with E-state index in [0.29, 0.717) is 12.6 Å². The number of benzene rings is 1. The fourth-order valence-electron chi connectivity index (χ4n) is 1.90. The number of hydrogen-bond acceptors (Lipinski definition) is 3. The summed E-state index contributed by atoms with van der Waals surface area (Å²) in [4.78, 5) is 14.1. The number of aryl methyl sites for hydroxylation is 1. The molecule has 0 saturated carbocycles. The molecule has 0 radical (unpaired) electrons. The minimum atomic E-state index is 0.00509. The van der Waals surface area contributed by atoms with E-state index in [1.165, 1.54) is 0 Å². The molecule has 0 aromatic heterocycles. The van der Waals surface area contributed by atoms with Crippen molar-refractivity contribution in [2.45, 2.75) is 33.2 Å². The Balaban J connectivity index is 2.23. The molecule has 0 fully saturated rings. The molecule has 1 aromatic carbocycles. The molecule has 0 heterocycles. The second kappa shape index (κ2) is 8.72. The van der Waals surface area contributed by atoms with Crippen LogP contribution in [0.2, 0.25) is 0 Å². The van der Waals surface area contributed by atoms with E-state index < -0.39 is 0 Å². The molecule has 1 aromatic rings. The summed E-state index contributed by atoms with van der Waals surface area (Å²) in [5.74, 6) is 0.00509. The minimum Gasteiger partial charge on any atom is -0.325 e. The highest BCUT2D eigenvalue weighted by atomic mass is 16.1. The maximum atomic E-state index is 11.8. The van der Waals surface area contributed by atoms with E-state index in [1.54, 1.807) is 0 Å². The molecule has 1 unspecified atom stereocenters. The summed E-state index contributed by atoms with van der Waals surface area (Å²) in [6, 6.07) is 8.39. The summed E-state index contributed by atoms with van der Waals surface area (Å²) in [6.07, 6.45) is 1.14. The maximum absolute atomic E-state index is 11.8. The molecule has 0 aliphatic heterocycles. The fourth-order valence-corrected chi connectivity index (χ4v) is 1.90. The monoisotopic (exact) mass is 277 g/mol. The van der Waals surface area contributed by atoms with E-state index in [-0.39, 0.29) is 5.91 Å². The number of nitrogens with zero attached hydrogens (tertiary/aromatic N) is 1. The van der Waals surface area contributed by atoms with Gasteiger partial charge in [0.1, 0.15) is 0 Å². The second-order valence-corrected chi connectivity index (χ2v) is 5.28. The highest BCUT2D eigenvalue weighted by Gasteiger charge is 2.07. The number of para-hydroxylation sites is 1. The van der Waals surface area contributed by atoms with Crippen LogP contribution in [0.25, 0.3) is 0 Å². The number of anilines is 1. The van der Waals surface area contributed by atoms with Gasteiger partial charge in [-0.15, -0.1) is 0 Å². The lowest BCUT2D eigenvalue weighted by Gasteiger charge is -2.23. The molecule has 1 amide bonds. The van der Waals surface area contributed by atoms with Gasteiger partial charge in [-0.2, -0.15) is 0 Å². The number of hydrogen-bond donors (Lipinski definition) is 2. The van der Waals surface area contributed by atoms with Crippen LogP contribution in [0.4, 0.5) is 5.69 Å². The Hall–Kier alpha value is -1.39. The van der Waals surface area contributed by atoms with Crippen molar-refractivity contribution in [2.24, 2.45) is 0 Å². The van der Waals surface area contributed by atoms with Crippen LogP contribution in [0.1, 0.15) is 25.8 Å². The maximum Gasteiger partial charge on any atom is 0.238 e. The zero-order valence-corrected chi connectivity index (χ0v) is 13.1. The van der Waals surface area contributed by atoms with Crippen LogP contribution in [0.5, 0.6) is 0 Å². The number of carbonyl (C=O) groups is 1. The average molecular weight is 277 g/mol. The van der Waals surface area contributed by atoms with Crippen LogP contribution in [0, 0.1) is 6.92 Å². The van der Waals surface area contributed by atoms with Crippen LogP contribution < -0.4 is 10.6 Å². The van der Waals surface area contributed by atoms with Crippen LogP contribution in [-0.4, -0.2) is 43.5 Å². The zero-order chi connectivity index (χ0) is 15.0. The van der Waals surface area contributed by atoms with E-state index in [1.807, 2.05) is 31.2 Å². The molecule has 0 aliphatic rings. The molecule has 112 valence electrons. The summed E-state index contributed by atoms with van der Waals surface area (Å²) in [5.41, 5.74) is 1.97. The third-order valence-corrected chi connectivity index (χ3v) is 3.69. The average Bonchev–Trinajstić information content (AvgIpc) is 2.45. The Labute approximate surface area is 122 Å². The number of nitrogens with one attached hydrogen (secondary N) is 2. The Kier molecular flexibility index (Phi) is 7.26. The van der Waals surface area contributed by atoms with Gasteiger partial charge in [0.05, 0.1) is 6.54 Å². The lowest BCUT2D eigenvalue weighted by Crippen LogP contribution is -2.37. The third-order valence-electron chi connectivity index (χ3n) is 3.69. The first-order valence-corrected chi connectivity index (χ1v) is 7.31. The largest absolute Gasteiger partial charge is 0.325 e. The van der Waals surface area contributed by atoms with E-state index >= 15 is 0 Å². The normalized spacial score (nSPS) is 12.4. The van der Waals surface area contributed by atoms with Crippen LogP contribution in [0.3, 0.4) is 0 Å². The van der Waals surface area contributed by atoms with Crippen molar-refractivity contribution in [3.63, 3.8) is 0 Å². The van der Waals surface area contributed by atoms with Crippen LogP contribution in [0.15, 0.2) is 24.3 Å². The number of carbonyl (C=O) groups excluding carboxylic acids is 1. The predicted octanol–water partition coefficient (Wildman–Crippen LogP) is 2.25. The second-order valence-electron chi connectivity index (χ2n) is 5.28. The summed E-state index contributed by atoms with van der Waals surface area (Å²) >= 11 is 0. The minimum absolute atomic E-state index is 0.00509. The Morgan fingerprint density at radius 2 is 2.05 bits per heavy atom. The van der Waals surface area contributed by atoms with Gasteiger partial charge in [-0.25, -0.2) is 0 Å². The SMILES string of the molecule is CCC(C)N(C)CCNCC(=O)Nc1ccccc1C. The predicted molar refractivity (Wildman–Crippen MR) is 85.1 cm³/mol. The van der Waals surface area contributed by atoms with E-state index in [4.69, 9.17) is 0 Å².